The second kappa shape index (κ2) is 5.07. The third-order valence-corrected chi connectivity index (χ3v) is 4.24. The van der Waals surface area contributed by atoms with E-state index in [1.54, 1.807) is 7.11 Å². The molecule has 0 saturated carbocycles. The Kier molecular flexibility index (Phi) is 3.80. The van der Waals surface area contributed by atoms with E-state index in [4.69, 9.17) is 4.74 Å². The van der Waals surface area contributed by atoms with Crippen molar-refractivity contribution in [3.8, 4) is 5.75 Å². The zero-order valence-corrected chi connectivity index (χ0v) is 13.2. The fourth-order valence-electron chi connectivity index (χ4n) is 2.54. The minimum Gasteiger partial charge on any atom is -0.495 e. The van der Waals surface area contributed by atoms with Crippen molar-refractivity contribution in [2.45, 2.75) is 40.0 Å². The Morgan fingerprint density at radius 1 is 1.21 bits per heavy atom. The molecular weight excluding hydrogens is 234 g/mol. The molecule has 2 rings (SSSR count). The van der Waals surface area contributed by atoms with Gasteiger partial charge in [0.05, 0.1) is 12.8 Å². The lowest BCUT2D eigenvalue weighted by Gasteiger charge is -2.44. The van der Waals surface area contributed by atoms with Gasteiger partial charge in [0.2, 0.25) is 0 Å². The van der Waals surface area contributed by atoms with Crippen molar-refractivity contribution < 1.29 is 4.74 Å². The molecule has 0 atom stereocenters. The number of anilines is 1. The highest BCUT2D eigenvalue weighted by atomic mass is 16.5. The van der Waals surface area contributed by atoms with Gasteiger partial charge in [0.1, 0.15) is 5.75 Å². The van der Waals surface area contributed by atoms with Crippen LogP contribution in [0.4, 0.5) is 5.69 Å². The first kappa shape index (κ1) is 14.2. The van der Waals surface area contributed by atoms with E-state index in [0.717, 1.165) is 30.7 Å². The van der Waals surface area contributed by atoms with Crippen LogP contribution in [0.15, 0.2) is 18.2 Å². The average Bonchev–Trinajstić information content (AvgIpc) is 2.25. The van der Waals surface area contributed by atoms with Gasteiger partial charge in [0, 0.05) is 13.1 Å². The summed E-state index contributed by atoms with van der Waals surface area (Å²) in [4.78, 5) is 2.43. The van der Waals surface area contributed by atoms with Crippen molar-refractivity contribution in [1.29, 1.82) is 0 Å². The minimum atomic E-state index is 0.168. The summed E-state index contributed by atoms with van der Waals surface area (Å²) < 4.78 is 5.59. The van der Waals surface area contributed by atoms with Gasteiger partial charge in [0.15, 0.2) is 0 Å². The smallest absolute Gasteiger partial charge is 0.142 e. The van der Waals surface area contributed by atoms with Crippen LogP contribution in [-0.2, 0) is 5.41 Å². The molecule has 106 valence electrons. The van der Waals surface area contributed by atoms with Gasteiger partial charge < -0.3 is 9.64 Å². The molecule has 1 heterocycles. The van der Waals surface area contributed by atoms with E-state index in [2.05, 4.69) is 57.7 Å². The monoisotopic (exact) mass is 261 g/mol. The highest BCUT2D eigenvalue weighted by Crippen LogP contribution is 2.38. The van der Waals surface area contributed by atoms with Crippen molar-refractivity contribution in [3.05, 3.63) is 23.8 Å². The maximum atomic E-state index is 5.59. The summed E-state index contributed by atoms with van der Waals surface area (Å²) in [5.41, 5.74) is 2.74. The average molecular weight is 261 g/mol. The normalized spacial score (nSPS) is 16.7. The van der Waals surface area contributed by atoms with Crippen molar-refractivity contribution >= 4 is 5.69 Å². The molecular formula is C17H27NO. The van der Waals surface area contributed by atoms with Crippen LogP contribution < -0.4 is 9.64 Å². The van der Waals surface area contributed by atoms with E-state index in [-0.39, 0.29) is 5.41 Å². The summed E-state index contributed by atoms with van der Waals surface area (Å²) in [6, 6.07) is 6.65. The molecule has 0 unspecified atom stereocenters. The third kappa shape index (κ3) is 2.88. The van der Waals surface area contributed by atoms with E-state index in [0.29, 0.717) is 0 Å². The van der Waals surface area contributed by atoms with Crippen molar-refractivity contribution in [1.82, 2.24) is 0 Å². The highest BCUT2D eigenvalue weighted by molar-refractivity contribution is 5.62. The fraction of sp³-hybridized carbons (Fsp3) is 0.647. The first-order chi connectivity index (χ1) is 8.82. The Bertz CT molecular complexity index is 439. The number of benzene rings is 1. The van der Waals surface area contributed by atoms with Gasteiger partial charge in [-0.3, -0.25) is 0 Å². The molecule has 19 heavy (non-hydrogen) atoms. The fourth-order valence-corrected chi connectivity index (χ4v) is 2.54. The van der Waals surface area contributed by atoms with Gasteiger partial charge in [-0.05, 0) is 34.9 Å². The van der Waals surface area contributed by atoms with Crippen LogP contribution in [0.3, 0.4) is 0 Å². The second-order valence-electron chi connectivity index (χ2n) is 7.05. The van der Waals surface area contributed by atoms with Crippen LogP contribution in [0.5, 0.6) is 5.75 Å². The van der Waals surface area contributed by atoms with Gasteiger partial charge in [-0.25, -0.2) is 0 Å². The predicted molar refractivity (Wildman–Crippen MR) is 82.2 cm³/mol. The molecule has 0 aliphatic carbocycles. The molecule has 1 aliphatic rings. The molecule has 0 aromatic heterocycles. The summed E-state index contributed by atoms with van der Waals surface area (Å²) >= 11 is 0. The van der Waals surface area contributed by atoms with E-state index >= 15 is 0 Å². The number of rotatable bonds is 3. The summed E-state index contributed by atoms with van der Waals surface area (Å²) in [5, 5.41) is 0. The van der Waals surface area contributed by atoms with Crippen LogP contribution in [0.25, 0.3) is 0 Å². The largest absolute Gasteiger partial charge is 0.495 e. The Balaban J connectivity index is 2.19. The first-order valence-electron chi connectivity index (χ1n) is 7.26. The van der Waals surface area contributed by atoms with Crippen molar-refractivity contribution in [2.24, 2.45) is 11.8 Å². The Hall–Kier alpha value is -1.18. The van der Waals surface area contributed by atoms with Gasteiger partial charge in [-0.1, -0.05) is 40.7 Å². The Morgan fingerprint density at radius 3 is 2.32 bits per heavy atom. The van der Waals surface area contributed by atoms with Crippen molar-refractivity contribution in [3.63, 3.8) is 0 Å². The predicted octanol–water partition coefficient (Wildman–Crippen LogP) is 4.08. The topological polar surface area (TPSA) is 12.5 Å². The molecule has 1 aromatic rings. The van der Waals surface area contributed by atoms with E-state index in [1.807, 2.05) is 0 Å². The van der Waals surface area contributed by atoms with Crippen molar-refractivity contribution in [2.75, 3.05) is 25.1 Å². The lowest BCUT2D eigenvalue weighted by Crippen LogP contribution is -2.49. The number of ether oxygens (including phenoxy) is 1. The SMILES string of the molecule is COc1cc(C(C)(C)C)ccc1N1CC(C(C)C)C1. The number of hydrogen-bond acceptors (Lipinski definition) is 2. The summed E-state index contributed by atoms with van der Waals surface area (Å²) in [7, 11) is 1.77. The number of hydrogen-bond donors (Lipinski definition) is 0. The molecule has 1 aromatic carbocycles. The highest BCUT2D eigenvalue weighted by Gasteiger charge is 2.31. The molecule has 0 amide bonds. The summed E-state index contributed by atoms with van der Waals surface area (Å²) in [6.07, 6.45) is 0. The second-order valence-corrected chi connectivity index (χ2v) is 7.05. The Labute approximate surface area is 117 Å². The van der Waals surface area contributed by atoms with Crippen LogP contribution >= 0.6 is 0 Å². The zero-order chi connectivity index (χ0) is 14.2. The van der Waals surface area contributed by atoms with Crippen LogP contribution in [0.1, 0.15) is 40.2 Å². The Morgan fingerprint density at radius 2 is 1.84 bits per heavy atom. The molecule has 0 radical (unpaired) electrons. The lowest BCUT2D eigenvalue weighted by atomic mass is 9.85. The summed E-state index contributed by atoms with van der Waals surface area (Å²) in [6.45, 7) is 13.6. The number of nitrogens with zero attached hydrogens (tertiary/aromatic N) is 1. The van der Waals surface area contributed by atoms with Gasteiger partial charge >= 0.3 is 0 Å². The molecule has 2 nitrogen and oxygen atoms in total. The molecule has 1 aliphatic heterocycles. The maximum Gasteiger partial charge on any atom is 0.142 e. The molecule has 0 bridgehead atoms. The van der Waals surface area contributed by atoms with Crippen LogP contribution in [0, 0.1) is 11.8 Å². The summed E-state index contributed by atoms with van der Waals surface area (Å²) in [5.74, 6) is 2.61. The molecule has 1 fully saturated rings. The van der Waals surface area contributed by atoms with Gasteiger partial charge in [-0.2, -0.15) is 0 Å². The van der Waals surface area contributed by atoms with E-state index in [9.17, 15) is 0 Å². The molecule has 0 spiro atoms. The van der Waals surface area contributed by atoms with Crippen LogP contribution in [-0.4, -0.2) is 20.2 Å². The first-order valence-corrected chi connectivity index (χ1v) is 7.26. The number of methoxy groups -OCH3 is 1. The minimum absolute atomic E-state index is 0.168. The lowest BCUT2D eigenvalue weighted by molar-refractivity contribution is 0.306. The van der Waals surface area contributed by atoms with Crippen LogP contribution in [0.2, 0.25) is 0 Å². The van der Waals surface area contributed by atoms with Gasteiger partial charge in [-0.15, -0.1) is 0 Å². The zero-order valence-electron chi connectivity index (χ0n) is 13.2. The molecule has 2 heteroatoms. The quantitative estimate of drug-likeness (QED) is 0.812. The molecule has 0 N–H and O–H groups in total. The van der Waals surface area contributed by atoms with E-state index in [1.165, 1.54) is 11.3 Å². The van der Waals surface area contributed by atoms with Gasteiger partial charge in [0.25, 0.3) is 0 Å². The van der Waals surface area contributed by atoms with E-state index < -0.39 is 0 Å². The molecule has 1 saturated heterocycles. The maximum absolute atomic E-state index is 5.59. The third-order valence-electron chi connectivity index (χ3n) is 4.24. The standard InChI is InChI=1S/C17H27NO/c1-12(2)13-10-18(11-13)15-8-7-14(17(3,4)5)9-16(15)19-6/h7-9,12-13H,10-11H2,1-6H3.